The molecule has 0 heteroatoms. The zero-order valence-corrected chi connectivity index (χ0v) is 26.1. The maximum atomic E-state index is 2.47. The van der Waals surface area contributed by atoms with Crippen LogP contribution in [0.5, 0.6) is 0 Å². The van der Waals surface area contributed by atoms with Crippen molar-refractivity contribution in [2.75, 3.05) is 0 Å². The van der Waals surface area contributed by atoms with Crippen LogP contribution in [0.3, 0.4) is 0 Å². The van der Waals surface area contributed by atoms with Crippen molar-refractivity contribution in [2.24, 2.45) is 0 Å². The number of hydrogen-bond acceptors (Lipinski definition) is 0. The van der Waals surface area contributed by atoms with Crippen molar-refractivity contribution in [3.8, 4) is 44.5 Å². The van der Waals surface area contributed by atoms with Gasteiger partial charge in [0.25, 0.3) is 0 Å². The topological polar surface area (TPSA) is 0 Å². The van der Waals surface area contributed by atoms with Gasteiger partial charge in [0.2, 0.25) is 0 Å². The summed E-state index contributed by atoms with van der Waals surface area (Å²) in [7, 11) is 0. The van der Waals surface area contributed by atoms with Gasteiger partial charge >= 0.3 is 0 Å². The Labute approximate surface area is 269 Å². The van der Waals surface area contributed by atoms with Crippen molar-refractivity contribution in [1.29, 1.82) is 0 Å². The second kappa shape index (κ2) is 9.28. The lowest BCUT2D eigenvalue weighted by Gasteiger charge is -2.23. The Hall–Kier alpha value is -5.46. The maximum Gasteiger partial charge on any atom is 0.0165 e. The predicted molar refractivity (Wildman–Crippen MR) is 196 cm³/mol. The Morgan fingerprint density at radius 1 is 0.413 bits per heavy atom. The maximum absolute atomic E-state index is 2.47. The van der Waals surface area contributed by atoms with E-state index < -0.39 is 0 Å². The molecule has 0 radical (unpaired) electrons. The fourth-order valence-electron chi connectivity index (χ4n) is 8.80. The summed E-state index contributed by atoms with van der Waals surface area (Å²) in [6.07, 6.45) is 1.01. The second-order valence-corrected chi connectivity index (χ2v) is 13.6. The molecule has 2 aliphatic rings. The molecule has 0 saturated heterocycles. The molecule has 0 aromatic heterocycles. The van der Waals surface area contributed by atoms with E-state index in [4.69, 9.17) is 0 Å². The van der Waals surface area contributed by atoms with Gasteiger partial charge in [0.1, 0.15) is 0 Å². The van der Waals surface area contributed by atoms with Crippen molar-refractivity contribution in [3.63, 3.8) is 0 Å². The second-order valence-electron chi connectivity index (χ2n) is 13.6. The summed E-state index contributed by atoms with van der Waals surface area (Å²) in [6, 6.07) is 54.8. The van der Waals surface area contributed by atoms with Gasteiger partial charge in [0.05, 0.1) is 0 Å². The average Bonchev–Trinajstić information content (AvgIpc) is 3.58. The molecule has 0 unspecified atom stereocenters. The summed E-state index contributed by atoms with van der Waals surface area (Å²) < 4.78 is 0. The molecular weight excluding hydrogens is 553 g/mol. The number of rotatable bonds is 2. The van der Waals surface area contributed by atoms with Gasteiger partial charge in [-0.05, 0) is 118 Å². The molecule has 8 aromatic rings. The van der Waals surface area contributed by atoms with Crippen LogP contribution < -0.4 is 0 Å². The lowest BCUT2D eigenvalue weighted by molar-refractivity contribution is 0.666. The summed E-state index contributed by atoms with van der Waals surface area (Å²) in [6.45, 7) is 4.77. The average molecular weight is 585 g/mol. The summed E-state index contributed by atoms with van der Waals surface area (Å²) in [4.78, 5) is 0. The summed E-state index contributed by atoms with van der Waals surface area (Å²) in [5, 5.41) is 7.87. The van der Waals surface area contributed by atoms with E-state index in [0.29, 0.717) is 0 Å². The molecule has 0 heterocycles. The van der Waals surface area contributed by atoms with Gasteiger partial charge in [0, 0.05) is 5.41 Å². The highest BCUT2D eigenvalue weighted by Gasteiger charge is 2.37. The molecule has 216 valence electrons. The van der Waals surface area contributed by atoms with Crippen molar-refractivity contribution < 1.29 is 0 Å². The van der Waals surface area contributed by atoms with Crippen LogP contribution >= 0.6 is 0 Å². The molecule has 0 saturated carbocycles. The van der Waals surface area contributed by atoms with Crippen molar-refractivity contribution >= 4 is 32.3 Å². The van der Waals surface area contributed by atoms with Crippen molar-refractivity contribution in [2.45, 2.75) is 25.7 Å². The lowest BCUT2D eigenvalue weighted by Crippen LogP contribution is -2.15. The Balaban J connectivity index is 1.23. The van der Waals surface area contributed by atoms with Gasteiger partial charge < -0.3 is 0 Å². The zero-order chi connectivity index (χ0) is 30.6. The molecule has 8 aromatic carbocycles. The number of benzene rings is 8. The summed E-state index contributed by atoms with van der Waals surface area (Å²) in [5.41, 5.74) is 16.3. The number of fused-ring (bicyclic) bond motifs is 10. The lowest BCUT2D eigenvalue weighted by atomic mass is 9.80. The van der Waals surface area contributed by atoms with Gasteiger partial charge in [-0.15, -0.1) is 0 Å². The molecule has 0 aliphatic heterocycles. The Morgan fingerprint density at radius 2 is 0.957 bits per heavy atom. The third-order valence-corrected chi connectivity index (χ3v) is 10.8. The molecule has 0 amide bonds. The van der Waals surface area contributed by atoms with Gasteiger partial charge in [-0.2, -0.15) is 0 Å². The van der Waals surface area contributed by atoms with E-state index >= 15 is 0 Å². The predicted octanol–water partition coefficient (Wildman–Crippen LogP) is 12.4. The molecule has 10 rings (SSSR count). The molecule has 0 atom stereocenters. The molecule has 0 nitrogen and oxygen atoms in total. The zero-order valence-electron chi connectivity index (χ0n) is 26.1. The van der Waals surface area contributed by atoms with Crippen molar-refractivity contribution in [3.05, 3.63) is 168 Å². The molecule has 0 spiro atoms. The monoisotopic (exact) mass is 584 g/mol. The van der Waals surface area contributed by atoms with Crippen LogP contribution in [-0.4, -0.2) is 0 Å². The van der Waals surface area contributed by atoms with E-state index in [9.17, 15) is 0 Å². The summed E-state index contributed by atoms with van der Waals surface area (Å²) in [5.74, 6) is 0. The molecular formula is C46H32. The highest BCUT2D eigenvalue weighted by molar-refractivity contribution is 6.21. The van der Waals surface area contributed by atoms with Gasteiger partial charge in [0.15, 0.2) is 0 Å². The molecule has 0 N–H and O–H groups in total. The molecule has 2 aliphatic carbocycles. The van der Waals surface area contributed by atoms with Crippen molar-refractivity contribution in [1.82, 2.24) is 0 Å². The van der Waals surface area contributed by atoms with E-state index in [1.165, 1.54) is 99.1 Å². The summed E-state index contributed by atoms with van der Waals surface area (Å²) >= 11 is 0. The third kappa shape index (κ3) is 3.45. The minimum atomic E-state index is -0.0652. The minimum Gasteiger partial charge on any atom is -0.0619 e. The van der Waals surface area contributed by atoms with Crippen LogP contribution in [0.2, 0.25) is 0 Å². The highest BCUT2D eigenvalue weighted by Crippen LogP contribution is 2.53. The smallest absolute Gasteiger partial charge is 0.0165 e. The van der Waals surface area contributed by atoms with Gasteiger partial charge in [-0.3, -0.25) is 0 Å². The fourth-order valence-corrected chi connectivity index (χ4v) is 8.80. The van der Waals surface area contributed by atoms with E-state index in [0.717, 1.165) is 6.42 Å². The number of hydrogen-bond donors (Lipinski definition) is 0. The largest absolute Gasteiger partial charge is 0.0619 e. The van der Waals surface area contributed by atoms with Gasteiger partial charge in [-0.25, -0.2) is 0 Å². The first kappa shape index (κ1) is 25.8. The highest BCUT2D eigenvalue weighted by atomic mass is 14.4. The van der Waals surface area contributed by atoms with Gasteiger partial charge in [-0.1, -0.05) is 147 Å². The molecule has 0 fully saturated rings. The van der Waals surface area contributed by atoms with Crippen LogP contribution in [0.4, 0.5) is 0 Å². The molecule has 46 heavy (non-hydrogen) atoms. The molecule has 0 bridgehead atoms. The Kier molecular flexibility index (Phi) is 5.21. The normalized spacial score (nSPS) is 14.0. The Bertz CT molecular complexity index is 2520. The van der Waals surface area contributed by atoms with E-state index in [2.05, 4.69) is 159 Å². The van der Waals surface area contributed by atoms with Crippen LogP contribution in [0.25, 0.3) is 76.8 Å². The first-order valence-corrected chi connectivity index (χ1v) is 16.4. The minimum absolute atomic E-state index is 0.0652. The standard InChI is InChI=1S/C46H32/c1-46(2)42-24-22-32(27-41(42)39-23-21-28-11-3-6-14-34(28)45(39)46)44-37-17-9-7-15-35(37)43(36-16-8-10-18-38(36)44)31-20-19-30-25-29-12-4-5-13-33(29)40(30)26-31/h3-24,26-27H,25H2,1-2H3. The first-order chi connectivity index (χ1) is 22.6. The first-order valence-electron chi connectivity index (χ1n) is 16.4. The Morgan fingerprint density at radius 3 is 1.65 bits per heavy atom. The quantitative estimate of drug-likeness (QED) is 0.177. The van der Waals surface area contributed by atoms with E-state index in [1.807, 2.05) is 0 Å². The van der Waals surface area contributed by atoms with E-state index in [1.54, 1.807) is 0 Å². The SMILES string of the molecule is CC1(C)c2ccc(-c3c4ccccc4c(-c4ccc5c(c4)-c4ccccc4C5)c4ccccc34)cc2-c2ccc3ccccc3c21. The third-order valence-electron chi connectivity index (χ3n) is 10.8. The van der Waals surface area contributed by atoms with Crippen LogP contribution in [0.1, 0.15) is 36.1 Å². The van der Waals surface area contributed by atoms with Crippen LogP contribution in [0, 0.1) is 0 Å². The van der Waals surface area contributed by atoms with E-state index in [-0.39, 0.29) is 5.41 Å². The fraction of sp³-hybridized carbons (Fsp3) is 0.0870. The van der Waals surface area contributed by atoms with Crippen LogP contribution in [0.15, 0.2) is 146 Å². The van der Waals surface area contributed by atoms with Crippen LogP contribution in [-0.2, 0) is 11.8 Å².